The Hall–Kier alpha value is -2.88. The monoisotopic (exact) mass is 474 g/mol. The summed E-state index contributed by atoms with van der Waals surface area (Å²) in [6.07, 6.45) is 0. The minimum atomic E-state index is -3.76. The van der Waals surface area contributed by atoms with E-state index in [2.05, 4.69) is 10.2 Å². The van der Waals surface area contributed by atoms with E-state index in [9.17, 15) is 8.42 Å². The van der Waals surface area contributed by atoms with Gasteiger partial charge >= 0.3 is 0 Å². The van der Waals surface area contributed by atoms with E-state index in [1.165, 1.54) is 18.4 Å². The van der Waals surface area contributed by atoms with E-state index >= 15 is 0 Å². The summed E-state index contributed by atoms with van der Waals surface area (Å²) in [5.41, 5.74) is 1.26. The summed E-state index contributed by atoms with van der Waals surface area (Å²) in [6.45, 7) is 0. The second kappa shape index (κ2) is 8.70. The molecule has 0 unspecified atom stereocenters. The van der Waals surface area contributed by atoms with E-state index in [1.807, 2.05) is 35.7 Å². The third-order valence-corrected chi connectivity index (χ3v) is 7.49. The fourth-order valence-electron chi connectivity index (χ4n) is 3.09. The van der Waals surface area contributed by atoms with Crippen molar-refractivity contribution in [2.45, 2.75) is 5.75 Å². The first kappa shape index (κ1) is 21.4. The lowest BCUT2D eigenvalue weighted by molar-refractivity contribution is 0.413. The standard InChI is InChI=1S/C21H19ClN4O3S2/c1-25(31(27,28)14-15-9-11-16(22)12-10-15)21-24-23-20(19-8-5-13-30-19)26(21)17-6-3-4-7-18(17)29-2/h3-13H,14H2,1-2H3. The van der Waals surface area contributed by atoms with Crippen molar-refractivity contribution in [2.75, 3.05) is 18.5 Å². The van der Waals surface area contributed by atoms with Gasteiger partial charge in [0.15, 0.2) is 5.82 Å². The normalized spacial score (nSPS) is 11.5. The third kappa shape index (κ3) is 4.30. The number of aromatic nitrogens is 3. The van der Waals surface area contributed by atoms with Crippen LogP contribution in [0, 0.1) is 0 Å². The van der Waals surface area contributed by atoms with Gasteiger partial charge in [0.1, 0.15) is 5.75 Å². The highest BCUT2D eigenvalue weighted by Gasteiger charge is 2.28. The molecule has 31 heavy (non-hydrogen) atoms. The largest absolute Gasteiger partial charge is 0.495 e. The first-order valence-corrected chi connectivity index (χ1v) is 12.1. The van der Waals surface area contributed by atoms with Crippen LogP contribution < -0.4 is 9.04 Å². The predicted octanol–water partition coefficient (Wildman–Crippen LogP) is 4.62. The number of anilines is 1. The van der Waals surface area contributed by atoms with Crippen LogP contribution in [0.25, 0.3) is 16.4 Å². The SMILES string of the molecule is COc1ccccc1-n1c(-c2cccs2)nnc1N(C)S(=O)(=O)Cc1ccc(Cl)cc1. The highest BCUT2D eigenvalue weighted by atomic mass is 35.5. The Bertz CT molecular complexity index is 1290. The molecule has 2 heterocycles. The van der Waals surface area contributed by atoms with Gasteiger partial charge in [-0.25, -0.2) is 12.7 Å². The van der Waals surface area contributed by atoms with Crippen molar-refractivity contribution in [3.63, 3.8) is 0 Å². The van der Waals surface area contributed by atoms with Gasteiger partial charge in [0.2, 0.25) is 16.0 Å². The van der Waals surface area contributed by atoms with Crippen LogP contribution in [0.15, 0.2) is 66.0 Å². The van der Waals surface area contributed by atoms with Crippen molar-refractivity contribution in [1.82, 2.24) is 14.8 Å². The second-order valence-electron chi connectivity index (χ2n) is 6.66. The lowest BCUT2D eigenvalue weighted by atomic mass is 10.2. The molecular weight excluding hydrogens is 456 g/mol. The van der Waals surface area contributed by atoms with Crippen LogP contribution in [-0.2, 0) is 15.8 Å². The van der Waals surface area contributed by atoms with E-state index in [0.717, 1.165) is 9.18 Å². The second-order valence-corrected chi connectivity index (χ2v) is 10.0. The van der Waals surface area contributed by atoms with E-state index in [-0.39, 0.29) is 11.7 Å². The molecular formula is C21H19ClN4O3S2. The molecule has 0 saturated carbocycles. The highest BCUT2D eigenvalue weighted by Crippen LogP contribution is 2.34. The summed E-state index contributed by atoms with van der Waals surface area (Å²) in [6, 6.07) is 17.9. The fourth-order valence-corrected chi connectivity index (χ4v) is 5.09. The van der Waals surface area contributed by atoms with Crippen molar-refractivity contribution in [1.29, 1.82) is 0 Å². The minimum absolute atomic E-state index is 0.168. The number of hydrogen-bond acceptors (Lipinski definition) is 6. The zero-order valence-electron chi connectivity index (χ0n) is 16.8. The van der Waals surface area contributed by atoms with Crippen molar-refractivity contribution in [2.24, 2.45) is 0 Å². The number of nitrogens with zero attached hydrogens (tertiary/aromatic N) is 4. The molecule has 0 saturated heterocycles. The van der Waals surface area contributed by atoms with E-state index in [4.69, 9.17) is 16.3 Å². The third-order valence-electron chi connectivity index (χ3n) is 4.67. The maximum Gasteiger partial charge on any atom is 0.245 e. The van der Waals surface area contributed by atoms with Crippen molar-refractivity contribution >= 4 is 38.9 Å². The molecule has 0 spiro atoms. The average Bonchev–Trinajstić information content (AvgIpc) is 3.44. The first-order chi connectivity index (χ1) is 14.9. The maximum absolute atomic E-state index is 13.2. The summed E-state index contributed by atoms with van der Waals surface area (Å²) < 4.78 is 34.8. The minimum Gasteiger partial charge on any atom is -0.495 e. The summed E-state index contributed by atoms with van der Waals surface area (Å²) in [7, 11) is -0.720. The van der Waals surface area contributed by atoms with Gasteiger partial charge in [-0.05, 0) is 41.3 Å². The topological polar surface area (TPSA) is 77.3 Å². The fraction of sp³-hybridized carbons (Fsp3) is 0.143. The van der Waals surface area contributed by atoms with Crippen LogP contribution in [0.3, 0.4) is 0 Å². The van der Waals surface area contributed by atoms with Gasteiger partial charge in [0, 0.05) is 12.1 Å². The van der Waals surface area contributed by atoms with Gasteiger partial charge in [-0.3, -0.25) is 4.57 Å². The van der Waals surface area contributed by atoms with Crippen LogP contribution in [-0.4, -0.2) is 37.3 Å². The molecule has 0 atom stereocenters. The number of para-hydroxylation sites is 2. The Balaban J connectivity index is 1.82. The number of benzene rings is 2. The van der Waals surface area contributed by atoms with E-state index in [0.29, 0.717) is 27.8 Å². The van der Waals surface area contributed by atoms with Gasteiger partial charge in [0.05, 0.1) is 23.4 Å². The molecule has 0 aliphatic heterocycles. The molecule has 2 aromatic carbocycles. The van der Waals surface area contributed by atoms with Crippen molar-refractivity contribution < 1.29 is 13.2 Å². The van der Waals surface area contributed by atoms with E-state index in [1.54, 1.807) is 42.0 Å². The van der Waals surface area contributed by atoms with Crippen LogP contribution >= 0.6 is 22.9 Å². The molecule has 0 aliphatic carbocycles. The maximum atomic E-state index is 13.2. The summed E-state index contributed by atoms with van der Waals surface area (Å²) in [5.74, 6) is 1.07. The van der Waals surface area contributed by atoms with Gasteiger partial charge < -0.3 is 4.74 Å². The number of sulfonamides is 1. The molecule has 160 valence electrons. The lowest BCUT2D eigenvalue weighted by Gasteiger charge is -2.21. The van der Waals surface area contributed by atoms with Gasteiger partial charge in [-0.1, -0.05) is 41.9 Å². The molecule has 0 N–H and O–H groups in total. The molecule has 0 aliphatic rings. The van der Waals surface area contributed by atoms with Crippen LogP contribution in [0.1, 0.15) is 5.56 Å². The van der Waals surface area contributed by atoms with Crippen LogP contribution in [0.5, 0.6) is 5.75 Å². The van der Waals surface area contributed by atoms with Crippen LogP contribution in [0.2, 0.25) is 5.02 Å². The highest BCUT2D eigenvalue weighted by molar-refractivity contribution is 7.92. The zero-order chi connectivity index (χ0) is 22.0. The molecule has 4 aromatic rings. The van der Waals surface area contributed by atoms with Gasteiger partial charge in [0.25, 0.3) is 0 Å². The quantitative estimate of drug-likeness (QED) is 0.390. The Kier molecular flexibility index (Phi) is 5.99. The Morgan fingerprint density at radius 2 is 1.81 bits per heavy atom. The number of ether oxygens (including phenoxy) is 1. The molecule has 7 nitrogen and oxygen atoms in total. The molecule has 10 heteroatoms. The van der Waals surface area contributed by atoms with Crippen molar-refractivity contribution in [3.8, 4) is 22.1 Å². The Morgan fingerprint density at radius 1 is 1.06 bits per heavy atom. The number of rotatable bonds is 7. The molecule has 2 aromatic heterocycles. The van der Waals surface area contributed by atoms with Crippen molar-refractivity contribution in [3.05, 3.63) is 76.6 Å². The number of methoxy groups -OCH3 is 1. The molecule has 4 rings (SSSR count). The predicted molar refractivity (Wildman–Crippen MR) is 124 cm³/mol. The van der Waals surface area contributed by atoms with Crippen LogP contribution in [0.4, 0.5) is 5.95 Å². The Morgan fingerprint density at radius 3 is 2.48 bits per heavy atom. The lowest BCUT2D eigenvalue weighted by Crippen LogP contribution is -2.30. The smallest absolute Gasteiger partial charge is 0.245 e. The zero-order valence-corrected chi connectivity index (χ0v) is 19.2. The molecule has 0 fully saturated rings. The van der Waals surface area contributed by atoms with Gasteiger partial charge in [-0.2, -0.15) is 0 Å². The Labute approximate surface area is 189 Å². The summed E-state index contributed by atoms with van der Waals surface area (Å²) >= 11 is 7.41. The van der Waals surface area contributed by atoms with Gasteiger partial charge in [-0.15, -0.1) is 21.5 Å². The molecule has 0 bridgehead atoms. The summed E-state index contributed by atoms with van der Waals surface area (Å²) in [4.78, 5) is 0.855. The van der Waals surface area contributed by atoms with E-state index < -0.39 is 10.0 Å². The average molecular weight is 475 g/mol. The summed E-state index contributed by atoms with van der Waals surface area (Å²) in [5, 5.41) is 11.0. The number of halogens is 1. The number of thiophene rings is 1. The molecule has 0 amide bonds. The first-order valence-electron chi connectivity index (χ1n) is 9.24. The molecule has 0 radical (unpaired) electrons. The number of hydrogen-bond donors (Lipinski definition) is 0.